The Morgan fingerprint density at radius 1 is 1.21 bits per heavy atom. The number of benzene rings is 1. The van der Waals surface area contributed by atoms with Crippen LogP contribution in [0.1, 0.15) is 11.4 Å². The van der Waals surface area contributed by atoms with Crippen LogP contribution in [0.25, 0.3) is 10.6 Å². The molecule has 0 bridgehead atoms. The number of rotatable bonds is 3. The van der Waals surface area contributed by atoms with Gasteiger partial charge in [-0.3, -0.25) is 0 Å². The molecule has 2 nitrogen and oxygen atoms in total. The summed E-state index contributed by atoms with van der Waals surface area (Å²) in [6, 6.07) is 9.55. The molecule has 0 saturated heterocycles. The molecule has 0 aliphatic heterocycles. The number of aromatic amines is 1. The van der Waals surface area contributed by atoms with Gasteiger partial charge in [0.2, 0.25) is 0 Å². The summed E-state index contributed by atoms with van der Waals surface area (Å²) in [6.07, 6.45) is 2.49. The van der Waals surface area contributed by atoms with Crippen molar-refractivity contribution in [2.45, 2.75) is 6.42 Å². The van der Waals surface area contributed by atoms with Gasteiger partial charge in [0.25, 0.3) is 0 Å². The van der Waals surface area contributed by atoms with Crippen molar-refractivity contribution in [3.63, 3.8) is 0 Å². The smallest absolute Gasteiger partial charge is 0.111 e. The van der Waals surface area contributed by atoms with Crippen LogP contribution in [0.3, 0.4) is 0 Å². The second-order valence-corrected chi connectivity index (χ2v) is 5.92. The molecule has 3 aromatic rings. The molecule has 0 aliphatic carbocycles. The van der Waals surface area contributed by atoms with Crippen LogP contribution in [0.4, 0.5) is 0 Å². The standard InChI is InChI=1S/C14H10Cl2N2S/c15-10-3-4-11(16)9(6-10)7-14-17-8-12(18-14)13-2-1-5-19-13/h1-6,8H,7H2,(H,17,18). The molecule has 3 rings (SSSR count). The van der Waals surface area contributed by atoms with Gasteiger partial charge in [0.15, 0.2) is 0 Å². The molecule has 1 N–H and O–H groups in total. The van der Waals surface area contributed by atoms with Crippen molar-refractivity contribution in [2.24, 2.45) is 0 Å². The van der Waals surface area contributed by atoms with Crippen molar-refractivity contribution in [1.82, 2.24) is 9.97 Å². The lowest BCUT2D eigenvalue weighted by Gasteiger charge is -2.02. The molecular formula is C14H10Cl2N2S. The van der Waals surface area contributed by atoms with Gasteiger partial charge in [-0.25, -0.2) is 4.98 Å². The van der Waals surface area contributed by atoms with Gasteiger partial charge >= 0.3 is 0 Å². The van der Waals surface area contributed by atoms with E-state index in [0.717, 1.165) is 17.1 Å². The molecule has 0 spiro atoms. The summed E-state index contributed by atoms with van der Waals surface area (Å²) in [5.74, 6) is 0.882. The van der Waals surface area contributed by atoms with E-state index in [-0.39, 0.29) is 0 Å². The van der Waals surface area contributed by atoms with Gasteiger partial charge in [0, 0.05) is 16.5 Å². The molecule has 0 amide bonds. The minimum absolute atomic E-state index is 0.644. The molecule has 0 unspecified atom stereocenters. The highest BCUT2D eigenvalue weighted by Gasteiger charge is 2.07. The molecule has 0 aliphatic rings. The molecule has 2 heterocycles. The largest absolute Gasteiger partial charge is 0.341 e. The normalized spacial score (nSPS) is 10.8. The summed E-state index contributed by atoms with van der Waals surface area (Å²) in [5.41, 5.74) is 2.00. The lowest BCUT2D eigenvalue weighted by molar-refractivity contribution is 1.03. The third-order valence-electron chi connectivity index (χ3n) is 2.78. The highest BCUT2D eigenvalue weighted by atomic mass is 35.5. The summed E-state index contributed by atoms with van der Waals surface area (Å²) in [4.78, 5) is 8.87. The second-order valence-electron chi connectivity index (χ2n) is 4.13. The molecule has 5 heteroatoms. The topological polar surface area (TPSA) is 28.7 Å². The fourth-order valence-electron chi connectivity index (χ4n) is 1.87. The summed E-state index contributed by atoms with van der Waals surface area (Å²) in [5, 5.41) is 3.44. The van der Waals surface area contributed by atoms with Gasteiger partial charge in [-0.1, -0.05) is 29.3 Å². The third-order valence-corrected chi connectivity index (χ3v) is 4.29. The molecule has 19 heavy (non-hydrogen) atoms. The maximum Gasteiger partial charge on any atom is 0.111 e. The van der Waals surface area contributed by atoms with E-state index in [0.29, 0.717) is 16.5 Å². The van der Waals surface area contributed by atoms with Crippen molar-refractivity contribution in [2.75, 3.05) is 0 Å². The third kappa shape index (κ3) is 2.84. The number of hydrogen-bond donors (Lipinski definition) is 1. The van der Waals surface area contributed by atoms with Crippen LogP contribution in [0.2, 0.25) is 10.0 Å². The minimum atomic E-state index is 0.644. The first-order valence-corrected chi connectivity index (χ1v) is 7.37. The highest BCUT2D eigenvalue weighted by Crippen LogP contribution is 2.25. The zero-order valence-electron chi connectivity index (χ0n) is 9.86. The van der Waals surface area contributed by atoms with Crippen molar-refractivity contribution in [3.8, 4) is 10.6 Å². The van der Waals surface area contributed by atoms with Gasteiger partial charge in [-0.15, -0.1) is 11.3 Å². The van der Waals surface area contributed by atoms with Crippen molar-refractivity contribution < 1.29 is 0 Å². The van der Waals surface area contributed by atoms with Gasteiger partial charge < -0.3 is 4.98 Å². The van der Waals surface area contributed by atoms with Crippen LogP contribution in [0.5, 0.6) is 0 Å². The molecule has 0 radical (unpaired) electrons. The van der Waals surface area contributed by atoms with Crippen LogP contribution >= 0.6 is 34.5 Å². The van der Waals surface area contributed by atoms with E-state index in [4.69, 9.17) is 23.2 Å². The predicted octanol–water partition coefficient (Wildman–Crippen LogP) is 5.04. The number of aromatic nitrogens is 2. The zero-order valence-corrected chi connectivity index (χ0v) is 12.2. The van der Waals surface area contributed by atoms with E-state index >= 15 is 0 Å². The van der Waals surface area contributed by atoms with E-state index in [1.165, 1.54) is 4.88 Å². The predicted molar refractivity (Wildman–Crippen MR) is 81.2 cm³/mol. The van der Waals surface area contributed by atoms with E-state index in [1.54, 1.807) is 17.4 Å². The summed E-state index contributed by atoms with van der Waals surface area (Å²) >= 11 is 13.8. The molecule has 0 saturated carbocycles. The lowest BCUT2D eigenvalue weighted by Crippen LogP contribution is -1.92. The Labute approximate surface area is 125 Å². The molecule has 1 aromatic carbocycles. The van der Waals surface area contributed by atoms with Crippen LogP contribution in [0, 0.1) is 0 Å². The van der Waals surface area contributed by atoms with Crippen molar-refractivity contribution in [3.05, 3.63) is 63.3 Å². The summed E-state index contributed by atoms with van der Waals surface area (Å²) in [7, 11) is 0. The van der Waals surface area contributed by atoms with Gasteiger partial charge in [-0.05, 0) is 35.2 Å². The molecule has 0 atom stereocenters. The maximum absolute atomic E-state index is 6.15. The maximum atomic E-state index is 6.15. The minimum Gasteiger partial charge on any atom is -0.341 e. The number of halogens is 2. The Hall–Kier alpha value is -1.29. The quantitative estimate of drug-likeness (QED) is 0.721. The number of imidazole rings is 1. The Morgan fingerprint density at radius 3 is 2.89 bits per heavy atom. The van der Waals surface area contributed by atoms with Crippen LogP contribution in [-0.2, 0) is 6.42 Å². The van der Waals surface area contributed by atoms with Crippen LogP contribution < -0.4 is 0 Å². The van der Waals surface area contributed by atoms with Crippen LogP contribution in [-0.4, -0.2) is 9.97 Å². The SMILES string of the molecule is Clc1ccc(Cl)c(Cc2ncc(-c3cccs3)[nH]2)c1. The number of hydrogen-bond acceptors (Lipinski definition) is 2. The molecule has 96 valence electrons. The first kappa shape index (κ1) is 12.7. The molecule has 2 aromatic heterocycles. The Balaban J connectivity index is 1.86. The first-order chi connectivity index (χ1) is 9.22. The Kier molecular flexibility index (Phi) is 3.60. The number of thiophene rings is 1. The monoisotopic (exact) mass is 308 g/mol. The van der Waals surface area contributed by atoms with Gasteiger partial charge in [0.1, 0.15) is 5.82 Å². The lowest BCUT2D eigenvalue weighted by atomic mass is 10.1. The fraction of sp³-hybridized carbons (Fsp3) is 0.0714. The van der Waals surface area contributed by atoms with Gasteiger partial charge in [0.05, 0.1) is 16.8 Å². The summed E-state index contributed by atoms with van der Waals surface area (Å²) < 4.78 is 0. The van der Waals surface area contributed by atoms with E-state index in [9.17, 15) is 0 Å². The molecule has 0 fully saturated rings. The van der Waals surface area contributed by atoms with E-state index < -0.39 is 0 Å². The second kappa shape index (κ2) is 5.37. The first-order valence-electron chi connectivity index (χ1n) is 5.74. The van der Waals surface area contributed by atoms with Crippen LogP contribution in [0.15, 0.2) is 41.9 Å². The van der Waals surface area contributed by atoms with E-state index in [1.807, 2.05) is 29.8 Å². The average molecular weight is 309 g/mol. The van der Waals surface area contributed by atoms with Crippen molar-refractivity contribution in [1.29, 1.82) is 0 Å². The summed E-state index contributed by atoms with van der Waals surface area (Å²) in [6.45, 7) is 0. The number of nitrogens with one attached hydrogen (secondary N) is 1. The Morgan fingerprint density at radius 2 is 2.11 bits per heavy atom. The fourth-order valence-corrected chi connectivity index (χ4v) is 2.94. The molecular weight excluding hydrogens is 299 g/mol. The van der Waals surface area contributed by atoms with E-state index in [2.05, 4.69) is 16.0 Å². The number of nitrogens with zero attached hydrogens (tertiary/aromatic N) is 1. The zero-order chi connectivity index (χ0) is 13.2. The Bertz CT molecular complexity index is 689. The average Bonchev–Trinajstić information content (AvgIpc) is 3.04. The van der Waals surface area contributed by atoms with Crippen molar-refractivity contribution >= 4 is 34.5 Å². The highest BCUT2D eigenvalue weighted by molar-refractivity contribution is 7.13. The number of H-pyrrole nitrogens is 1. The van der Waals surface area contributed by atoms with Gasteiger partial charge in [-0.2, -0.15) is 0 Å².